The van der Waals surface area contributed by atoms with Crippen LogP contribution in [0.5, 0.6) is 17.2 Å². The molecule has 0 saturated heterocycles. The van der Waals surface area contributed by atoms with Crippen molar-refractivity contribution in [1.29, 1.82) is 0 Å². The van der Waals surface area contributed by atoms with Crippen molar-refractivity contribution < 1.29 is 28.9 Å². The molecule has 0 fully saturated rings. The third kappa shape index (κ3) is 6.64. The summed E-state index contributed by atoms with van der Waals surface area (Å²) in [5.74, 6) is 0.393. The van der Waals surface area contributed by atoms with Gasteiger partial charge in [0.15, 0.2) is 18.1 Å². The average Bonchev–Trinajstić information content (AvgIpc) is 2.81. The van der Waals surface area contributed by atoms with Crippen molar-refractivity contribution in [3.05, 3.63) is 97.1 Å². The first-order valence-corrected chi connectivity index (χ1v) is 10.4. The van der Waals surface area contributed by atoms with E-state index in [0.717, 1.165) is 17.2 Å². The largest absolute Gasteiger partial charge is 0.493 e. The Hall–Kier alpha value is -4.73. The van der Waals surface area contributed by atoms with Crippen LogP contribution in [-0.2, 0) is 4.79 Å². The molecular weight excluding hydrogens is 456 g/mol. The lowest BCUT2D eigenvalue weighted by Crippen LogP contribution is -2.18. The fraction of sp³-hybridized carbons (Fsp3) is 0.160. The van der Waals surface area contributed by atoms with E-state index in [9.17, 15) is 25.0 Å². The number of carbonyl (C=O) groups excluding carboxylic acids is 1. The zero-order chi connectivity index (χ0) is 25.5. The molecule has 0 bridgehead atoms. The van der Waals surface area contributed by atoms with E-state index in [1.807, 2.05) is 32.0 Å². The number of nitrogens with zero attached hydrogens (tertiary/aromatic N) is 2. The van der Waals surface area contributed by atoms with Crippen LogP contribution in [0, 0.1) is 34.1 Å². The number of benzene rings is 3. The summed E-state index contributed by atoms with van der Waals surface area (Å²) in [6, 6.07) is 13.8. The second kappa shape index (κ2) is 10.9. The van der Waals surface area contributed by atoms with Gasteiger partial charge in [-0.2, -0.15) is 0 Å². The number of nitro benzene ring substituents is 2. The molecule has 0 unspecified atom stereocenters. The number of hydrogen-bond donors (Lipinski definition) is 0. The van der Waals surface area contributed by atoms with Crippen LogP contribution >= 0.6 is 0 Å². The number of nitro groups is 2. The van der Waals surface area contributed by atoms with Gasteiger partial charge in [-0.25, -0.2) is 4.79 Å². The maximum atomic E-state index is 12.3. The van der Waals surface area contributed by atoms with Gasteiger partial charge in [-0.1, -0.05) is 18.2 Å². The van der Waals surface area contributed by atoms with Gasteiger partial charge in [0.1, 0.15) is 5.75 Å². The van der Waals surface area contributed by atoms with E-state index in [1.54, 1.807) is 18.2 Å². The second-order valence-electron chi connectivity index (χ2n) is 7.59. The molecule has 0 aliphatic rings. The lowest BCUT2D eigenvalue weighted by molar-refractivity contribution is -0.394. The van der Waals surface area contributed by atoms with Gasteiger partial charge < -0.3 is 14.2 Å². The maximum Gasteiger partial charge on any atom is 0.349 e. The molecular formula is C25H22N2O8. The standard InChI is InChI=1S/C25H22N2O8/c1-16-10-17(2)12-21(11-16)34-15-25(28)35-23-9-5-18(13-24(23)33-3)4-6-19-7-8-20(26(29)30)14-22(19)27(31)32/h4-14H,15H2,1-3H3/b6-4+. The normalized spacial score (nSPS) is 10.7. The van der Waals surface area contributed by atoms with Crippen LogP contribution in [0.15, 0.2) is 54.6 Å². The average molecular weight is 478 g/mol. The Bertz CT molecular complexity index is 1300. The Labute approximate surface area is 200 Å². The highest BCUT2D eigenvalue weighted by Crippen LogP contribution is 2.30. The van der Waals surface area contributed by atoms with Crippen LogP contribution < -0.4 is 14.2 Å². The number of rotatable bonds is 9. The molecule has 0 aliphatic heterocycles. The van der Waals surface area contributed by atoms with Crippen molar-refractivity contribution in [3.8, 4) is 17.2 Å². The first kappa shape index (κ1) is 24.9. The molecule has 0 aromatic heterocycles. The minimum absolute atomic E-state index is 0.181. The number of non-ortho nitro benzene ring substituents is 1. The lowest BCUT2D eigenvalue weighted by atomic mass is 10.1. The molecule has 0 radical (unpaired) electrons. The molecule has 0 atom stereocenters. The Morgan fingerprint density at radius 3 is 2.23 bits per heavy atom. The third-order valence-electron chi connectivity index (χ3n) is 4.84. The molecule has 0 heterocycles. The Morgan fingerprint density at radius 1 is 0.886 bits per heavy atom. The van der Waals surface area contributed by atoms with E-state index in [0.29, 0.717) is 11.3 Å². The van der Waals surface area contributed by atoms with E-state index >= 15 is 0 Å². The molecule has 3 aromatic carbocycles. The zero-order valence-electron chi connectivity index (χ0n) is 19.2. The lowest BCUT2D eigenvalue weighted by Gasteiger charge is -2.11. The van der Waals surface area contributed by atoms with Gasteiger partial charge in [0, 0.05) is 6.07 Å². The van der Waals surface area contributed by atoms with Gasteiger partial charge in [0.05, 0.1) is 28.6 Å². The monoisotopic (exact) mass is 478 g/mol. The van der Waals surface area contributed by atoms with Crippen molar-refractivity contribution in [1.82, 2.24) is 0 Å². The van der Waals surface area contributed by atoms with Crippen LogP contribution in [0.2, 0.25) is 0 Å². The minimum atomic E-state index is -0.696. The molecule has 0 amide bonds. The Morgan fingerprint density at radius 2 is 1.60 bits per heavy atom. The van der Waals surface area contributed by atoms with Gasteiger partial charge in [-0.15, -0.1) is 0 Å². The van der Waals surface area contributed by atoms with Crippen LogP contribution in [0.3, 0.4) is 0 Å². The number of aryl methyl sites for hydroxylation is 2. The minimum Gasteiger partial charge on any atom is -0.493 e. The number of carbonyl (C=O) groups is 1. The molecule has 0 saturated carbocycles. The Balaban J connectivity index is 1.72. The quantitative estimate of drug-likeness (QED) is 0.133. The van der Waals surface area contributed by atoms with Crippen molar-refractivity contribution in [2.75, 3.05) is 13.7 Å². The summed E-state index contributed by atoms with van der Waals surface area (Å²) in [5.41, 5.74) is 2.05. The molecule has 3 rings (SSSR count). The van der Waals surface area contributed by atoms with Crippen molar-refractivity contribution >= 4 is 29.5 Å². The van der Waals surface area contributed by atoms with Crippen LogP contribution in [0.25, 0.3) is 12.2 Å². The summed E-state index contributed by atoms with van der Waals surface area (Å²) in [4.78, 5) is 33.1. The number of hydrogen-bond acceptors (Lipinski definition) is 8. The highest BCUT2D eigenvalue weighted by Gasteiger charge is 2.18. The molecule has 3 aromatic rings. The maximum absolute atomic E-state index is 12.3. The zero-order valence-corrected chi connectivity index (χ0v) is 19.2. The molecule has 0 N–H and O–H groups in total. The summed E-state index contributed by atoms with van der Waals surface area (Å²) >= 11 is 0. The fourth-order valence-electron chi connectivity index (χ4n) is 3.31. The van der Waals surface area contributed by atoms with E-state index in [1.165, 1.54) is 31.4 Å². The summed E-state index contributed by atoms with van der Waals surface area (Å²) in [6.45, 7) is 3.56. The third-order valence-corrected chi connectivity index (χ3v) is 4.84. The smallest absolute Gasteiger partial charge is 0.349 e. The van der Waals surface area contributed by atoms with E-state index in [4.69, 9.17) is 14.2 Å². The molecule has 10 nitrogen and oxygen atoms in total. The van der Waals surface area contributed by atoms with E-state index < -0.39 is 21.5 Å². The molecule has 0 spiro atoms. The van der Waals surface area contributed by atoms with Gasteiger partial charge in [-0.3, -0.25) is 20.2 Å². The van der Waals surface area contributed by atoms with Gasteiger partial charge in [-0.05, 0) is 66.9 Å². The SMILES string of the molecule is COc1cc(/C=C/c2ccc([N+](=O)[O-])cc2[N+](=O)[O-])ccc1OC(=O)COc1cc(C)cc(C)c1. The van der Waals surface area contributed by atoms with Gasteiger partial charge in [0.25, 0.3) is 11.4 Å². The summed E-state index contributed by atoms with van der Waals surface area (Å²) in [6.07, 6.45) is 3.03. The Kier molecular flexibility index (Phi) is 7.77. The van der Waals surface area contributed by atoms with Crippen molar-refractivity contribution in [2.24, 2.45) is 0 Å². The predicted octanol–water partition coefficient (Wildman–Crippen LogP) is 5.28. The van der Waals surface area contributed by atoms with Crippen molar-refractivity contribution in [2.45, 2.75) is 13.8 Å². The first-order valence-electron chi connectivity index (χ1n) is 10.4. The first-order chi connectivity index (χ1) is 16.7. The predicted molar refractivity (Wildman–Crippen MR) is 129 cm³/mol. The molecule has 10 heteroatoms. The summed E-state index contributed by atoms with van der Waals surface area (Å²) in [7, 11) is 1.41. The number of esters is 1. The van der Waals surface area contributed by atoms with E-state index in [-0.39, 0.29) is 29.4 Å². The highest BCUT2D eigenvalue weighted by atomic mass is 16.6. The topological polar surface area (TPSA) is 131 Å². The number of methoxy groups -OCH3 is 1. The summed E-state index contributed by atoms with van der Waals surface area (Å²) in [5, 5.41) is 22.2. The van der Waals surface area contributed by atoms with Gasteiger partial charge >= 0.3 is 5.97 Å². The van der Waals surface area contributed by atoms with Crippen LogP contribution in [0.4, 0.5) is 11.4 Å². The molecule has 35 heavy (non-hydrogen) atoms. The second-order valence-corrected chi connectivity index (χ2v) is 7.59. The highest BCUT2D eigenvalue weighted by molar-refractivity contribution is 5.77. The number of ether oxygens (including phenoxy) is 3. The fourth-order valence-corrected chi connectivity index (χ4v) is 3.31. The van der Waals surface area contributed by atoms with E-state index in [2.05, 4.69) is 0 Å². The molecule has 180 valence electrons. The molecule has 0 aliphatic carbocycles. The van der Waals surface area contributed by atoms with Crippen LogP contribution in [0.1, 0.15) is 22.3 Å². The van der Waals surface area contributed by atoms with Gasteiger partial charge in [0.2, 0.25) is 0 Å². The van der Waals surface area contributed by atoms with Crippen molar-refractivity contribution in [3.63, 3.8) is 0 Å². The van der Waals surface area contributed by atoms with Crippen LogP contribution in [-0.4, -0.2) is 29.5 Å². The summed E-state index contributed by atoms with van der Waals surface area (Å²) < 4.78 is 16.2.